The molecule has 0 aliphatic rings. The summed E-state index contributed by atoms with van der Waals surface area (Å²) < 4.78 is 1.42. The van der Waals surface area contributed by atoms with Crippen LogP contribution in [0.5, 0.6) is 0 Å². The van der Waals surface area contributed by atoms with Crippen LogP contribution in [0.1, 0.15) is 124 Å². The van der Waals surface area contributed by atoms with Gasteiger partial charge in [-0.15, -0.1) is 0 Å². The zero-order chi connectivity index (χ0) is 17.9. The largest absolute Gasteiger partial charge is 1.00 e. The summed E-state index contributed by atoms with van der Waals surface area (Å²) in [6.45, 7) is 15.1. The number of quaternary nitrogens is 1. The quantitative estimate of drug-likeness (QED) is 0.209. The highest BCUT2D eigenvalue weighted by Gasteiger charge is 2.23. The minimum absolute atomic E-state index is 0. The molecule has 0 aromatic rings. The molecule has 0 amide bonds. The number of rotatable bonds is 19. The first-order valence-corrected chi connectivity index (χ1v) is 11.6. The molecule has 0 unspecified atom stereocenters. The minimum atomic E-state index is 0. The molecular weight excluding hydrogens is 370 g/mol. The van der Waals surface area contributed by atoms with Gasteiger partial charge in [-0.05, 0) is 45.4 Å². The van der Waals surface area contributed by atoms with E-state index in [1.165, 1.54) is 127 Å². The summed E-state index contributed by atoms with van der Waals surface area (Å²) in [4.78, 5) is 0. The van der Waals surface area contributed by atoms with Gasteiger partial charge in [0.2, 0.25) is 0 Å². The highest BCUT2D eigenvalue weighted by Crippen LogP contribution is 2.17. The highest BCUT2D eigenvalue weighted by atomic mass is 79.9. The number of hydrogen-bond donors (Lipinski definition) is 0. The molecule has 0 saturated carbocycles. The molecule has 0 aromatic carbocycles. The molecule has 0 saturated heterocycles. The van der Waals surface area contributed by atoms with E-state index in [1.54, 1.807) is 0 Å². The van der Waals surface area contributed by atoms with Crippen LogP contribution < -0.4 is 17.0 Å². The molecule has 25 heavy (non-hydrogen) atoms. The molecule has 0 heterocycles. The Bertz CT molecular complexity index is 206. The van der Waals surface area contributed by atoms with Gasteiger partial charge in [0.15, 0.2) is 0 Å². The van der Waals surface area contributed by atoms with Gasteiger partial charge in [-0.2, -0.15) is 0 Å². The Kier molecular flexibility index (Phi) is 23.0. The van der Waals surface area contributed by atoms with E-state index in [4.69, 9.17) is 0 Å². The summed E-state index contributed by atoms with van der Waals surface area (Å²) in [5, 5.41) is 0. The first-order chi connectivity index (χ1) is 11.7. The summed E-state index contributed by atoms with van der Waals surface area (Å²) >= 11 is 0. The van der Waals surface area contributed by atoms with Crippen molar-refractivity contribution < 1.29 is 21.5 Å². The minimum Gasteiger partial charge on any atom is -1.00 e. The van der Waals surface area contributed by atoms with Gasteiger partial charge in [0, 0.05) is 0 Å². The van der Waals surface area contributed by atoms with E-state index < -0.39 is 0 Å². The molecule has 0 radical (unpaired) electrons. The lowest BCUT2D eigenvalue weighted by molar-refractivity contribution is -0.927. The standard InChI is InChI=1S/C23H50N.BrH/c1-5-9-12-15-18-21-24(8-4,22-19-16-13-10-6-2)23-20-17-14-11-7-3;/h5-23H2,1-4H3;1H/q+1;/p-1. The predicted molar refractivity (Wildman–Crippen MR) is 112 cm³/mol. The van der Waals surface area contributed by atoms with Gasteiger partial charge in [0.25, 0.3) is 0 Å². The Morgan fingerprint density at radius 3 is 0.920 bits per heavy atom. The molecular formula is C23H50BrN. The zero-order valence-corrected chi connectivity index (χ0v) is 19.8. The Hall–Kier alpha value is 0.440. The van der Waals surface area contributed by atoms with E-state index in [2.05, 4.69) is 27.7 Å². The van der Waals surface area contributed by atoms with Crippen LogP contribution in [0, 0.1) is 0 Å². The molecule has 1 nitrogen and oxygen atoms in total. The van der Waals surface area contributed by atoms with Crippen molar-refractivity contribution in [3.8, 4) is 0 Å². The Morgan fingerprint density at radius 2 is 0.680 bits per heavy atom. The van der Waals surface area contributed by atoms with Crippen molar-refractivity contribution in [1.82, 2.24) is 0 Å². The van der Waals surface area contributed by atoms with Crippen LogP contribution in [0.2, 0.25) is 0 Å². The third-order valence-corrected chi connectivity index (χ3v) is 5.88. The molecule has 154 valence electrons. The van der Waals surface area contributed by atoms with Gasteiger partial charge < -0.3 is 21.5 Å². The normalized spacial score (nSPS) is 11.5. The smallest absolute Gasteiger partial charge is 0.0786 e. The second-order valence-corrected chi connectivity index (χ2v) is 8.07. The fraction of sp³-hybridized carbons (Fsp3) is 1.00. The van der Waals surface area contributed by atoms with Gasteiger partial charge >= 0.3 is 0 Å². The predicted octanol–water partition coefficient (Wildman–Crippen LogP) is 4.74. The zero-order valence-electron chi connectivity index (χ0n) is 18.3. The summed E-state index contributed by atoms with van der Waals surface area (Å²) in [6, 6.07) is 0. The maximum absolute atomic E-state index is 2.45. The second kappa shape index (κ2) is 20.7. The first kappa shape index (κ1) is 27.7. The van der Waals surface area contributed by atoms with Crippen LogP contribution in [-0.4, -0.2) is 30.7 Å². The average Bonchev–Trinajstić information content (AvgIpc) is 2.60. The van der Waals surface area contributed by atoms with Gasteiger partial charge in [-0.3, -0.25) is 0 Å². The maximum atomic E-state index is 2.45. The van der Waals surface area contributed by atoms with Gasteiger partial charge in [0.05, 0.1) is 26.2 Å². The molecule has 0 rings (SSSR count). The lowest BCUT2D eigenvalue weighted by Crippen LogP contribution is -3.00. The van der Waals surface area contributed by atoms with Crippen molar-refractivity contribution >= 4 is 0 Å². The Balaban J connectivity index is 0. The SMILES string of the molecule is CCCCCCC[N+](CC)(CCCCCCC)CCCCCCC.[Br-]. The van der Waals surface area contributed by atoms with Crippen molar-refractivity contribution in [2.24, 2.45) is 0 Å². The lowest BCUT2D eigenvalue weighted by Gasteiger charge is -2.38. The van der Waals surface area contributed by atoms with Crippen LogP contribution in [0.3, 0.4) is 0 Å². The molecule has 0 aromatic heterocycles. The molecule has 0 aliphatic carbocycles. The monoisotopic (exact) mass is 419 g/mol. The van der Waals surface area contributed by atoms with Crippen molar-refractivity contribution in [1.29, 1.82) is 0 Å². The fourth-order valence-electron chi connectivity index (χ4n) is 3.96. The maximum Gasteiger partial charge on any atom is 0.0786 e. The Labute approximate surface area is 171 Å². The summed E-state index contributed by atoms with van der Waals surface area (Å²) in [5.74, 6) is 0. The third kappa shape index (κ3) is 16.3. The molecule has 0 fully saturated rings. The number of nitrogens with zero attached hydrogens (tertiary/aromatic N) is 1. The fourth-order valence-corrected chi connectivity index (χ4v) is 3.96. The van der Waals surface area contributed by atoms with E-state index in [-0.39, 0.29) is 17.0 Å². The van der Waals surface area contributed by atoms with E-state index in [0.717, 1.165) is 0 Å². The van der Waals surface area contributed by atoms with Crippen LogP contribution >= 0.6 is 0 Å². The first-order valence-electron chi connectivity index (χ1n) is 11.6. The van der Waals surface area contributed by atoms with Crippen LogP contribution in [0.25, 0.3) is 0 Å². The van der Waals surface area contributed by atoms with E-state index in [9.17, 15) is 0 Å². The van der Waals surface area contributed by atoms with Gasteiger partial charge in [-0.1, -0.05) is 78.6 Å². The lowest BCUT2D eigenvalue weighted by atomic mass is 10.1. The van der Waals surface area contributed by atoms with Crippen LogP contribution in [0.4, 0.5) is 0 Å². The van der Waals surface area contributed by atoms with Crippen LogP contribution in [0.15, 0.2) is 0 Å². The van der Waals surface area contributed by atoms with Crippen molar-refractivity contribution in [3.63, 3.8) is 0 Å². The molecule has 0 atom stereocenters. The average molecular weight is 421 g/mol. The van der Waals surface area contributed by atoms with Crippen molar-refractivity contribution in [2.75, 3.05) is 26.2 Å². The molecule has 0 N–H and O–H groups in total. The van der Waals surface area contributed by atoms with E-state index >= 15 is 0 Å². The summed E-state index contributed by atoms with van der Waals surface area (Å²) in [7, 11) is 0. The highest BCUT2D eigenvalue weighted by molar-refractivity contribution is 4.51. The van der Waals surface area contributed by atoms with Crippen molar-refractivity contribution in [2.45, 2.75) is 124 Å². The second-order valence-electron chi connectivity index (χ2n) is 8.07. The molecule has 0 aliphatic heterocycles. The third-order valence-electron chi connectivity index (χ3n) is 5.88. The molecule has 0 bridgehead atoms. The van der Waals surface area contributed by atoms with Gasteiger partial charge in [0.1, 0.15) is 0 Å². The molecule has 2 heteroatoms. The number of hydrogen-bond acceptors (Lipinski definition) is 0. The molecule has 0 spiro atoms. The number of unbranched alkanes of at least 4 members (excludes halogenated alkanes) is 12. The van der Waals surface area contributed by atoms with E-state index in [1.807, 2.05) is 0 Å². The number of halogens is 1. The van der Waals surface area contributed by atoms with Crippen molar-refractivity contribution in [3.05, 3.63) is 0 Å². The topological polar surface area (TPSA) is 0 Å². The summed E-state index contributed by atoms with van der Waals surface area (Å²) in [6.07, 6.45) is 21.5. The van der Waals surface area contributed by atoms with Gasteiger partial charge in [-0.25, -0.2) is 0 Å². The summed E-state index contributed by atoms with van der Waals surface area (Å²) in [5.41, 5.74) is 0. The van der Waals surface area contributed by atoms with E-state index in [0.29, 0.717) is 0 Å². The van der Waals surface area contributed by atoms with Crippen LogP contribution in [-0.2, 0) is 0 Å². The Morgan fingerprint density at radius 1 is 0.400 bits per heavy atom.